The molecule has 1 rings (SSSR count). The highest BCUT2D eigenvalue weighted by Gasteiger charge is 2.31. The molecule has 0 spiro atoms. The number of thioether (sulfide) groups is 1. The lowest BCUT2D eigenvalue weighted by Gasteiger charge is -2.26. The van der Waals surface area contributed by atoms with Crippen LogP contribution < -0.4 is 16.4 Å². The molecule has 0 radical (unpaired) electrons. The smallest absolute Gasteiger partial charge is 0.312 e. The summed E-state index contributed by atoms with van der Waals surface area (Å²) >= 11 is 1.61. The number of primary amides is 1. The van der Waals surface area contributed by atoms with Gasteiger partial charge in [-0.15, -0.1) is 0 Å². The number of nitrogens with zero attached hydrogens (tertiary/aromatic N) is 2. The van der Waals surface area contributed by atoms with Crippen molar-refractivity contribution in [3.05, 3.63) is 0 Å². The Morgan fingerprint density at radius 3 is 2.68 bits per heavy atom. The van der Waals surface area contributed by atoms with Gasteiger partial charge in [0.25, 0.3) is 0 Å². The van der Waals surface area contributed by atoms with E-state index in [1.165, 1.54) is 0 Å². The van der Waals surface area contributed by atoms with Crippen LogP contribution in [-0.4, -0.2) is 85.5 Å². The number of nitrogens with two attached hydrogens (primary N) is 1. The predicted molar refractivity (Wildman–Crippen MR) is 100 cm³/mol. The molecule has 1 fully saturated rings. The zero-order valence-corrected chi connectivity index (χ0v) is 16.2. The molecule has 1 saturated heterocycles. The third-order valence-electron chi connectivity index (χ3n) is 4.25. The number of hydrogen-bond donors (Lipinski definition) is 3. The quantitative estimate of drug-likeness (QED) is 0.461. The molecule has 1 unspecified atom stereocenters. The number of carbonyl (C=O) groups is 3. The van der Waals surface area contributed by atoms with E-state index in [4.69, 9.17) is 5.73 Å². The van der Waals surface area contributed by atoms with Gasteiger partial charge in [-0.3, -0.25) is 14.5 Å². The van der Waals surface area contributed by atoms with Gasteiger partial charge in [0, 0.05) is 27.2 Å². The molecule has 0 aromatic carbocycles. The van der Waals surface area contributed by atoms with Crippen LogP contribution in [0.4, 0.5) is 4.79 Å². The topological polar surface area (TPSA) is 108 Å². The van der Waals surface area contributed by atoms with E-state index in [1.54, 1.807) is 30.8 Å². The van der Waals surface area contributed by atoms with Gasteiger partial charge in [-0.2, -0.15) is 11.8 Å². The summed E-state index contributed by atoms with van der Waals surface area (Å²) in [5, 5.41) is 5.33. The zero-order chi connectivity index (χ0) is 18.8. The first kappa shape index (κ1) is 21.6. The average molecular weight is 374 g/mol. The van der Waals surface area contributed by atoms with Gasteiger partial charge in [-0.1, -0.05) is 0 Å². The first-order valence-electron chi connectivity index (χ1n) is 8.64. The Labute approximate surface area is 154 Å². The zero-order valence-electron chi connectivity index (χ0n) is 15.4. The number of hydrogen-bond acceptors (Lipinski definition) is 5. The number of likely N-dealkylation sites (tertiary alicyclic amines) is 1. The van der Waals surface area contributed by atoms with Crippen molar-refractivity contribution >= 4 is 29.6 Å². The molecule has 0 bridgehead atoms. The van der Waals surface area contributed by atoms with Crippen molar-refractivity contribution in [2.75, 3.05) is 45.7 Å². The minimum atomic E-state index is -0.691. The van der Waals surface area contributed by atoms with E-state index in [9.17, 15) is 14.4 Å². The van der Waals surface area contributed by atoms with E-state index in [2.05, 4.69) is 15.5 Å². The van der Waals surface area contributed by atoms with Crippen LogP contribution >= 0.6 is 11.8 Å². The standard InChI is InChI=1S/C16H31N5O3S/c1-20(2)15(23)13-6-4-9-21(13)10-5-8-18-14(22)12(7-11-25-3)19-16(17)24/h12-13H,4-11H2,1-3H3,(H,18,22)(H3,17,19,24)/t12-,13?/m0/s1. The number of nitrogens with one attached hydrogen (secondary N) is 2. The Morgan fingerprint density at radius 1 is 1.36 bits per heavy atom. The summed E-state index contributed by atoms with van der Waals surface area (Å²) in [6.07, 6.45) is 5.16. The van der Waals surface area contributed by atoms with Gasteiger partial charge in [-0.25, -0.2) is 4.79 Å². The van der Waals surface area contributed by atoms with Crippen LogP contribution in [0, 0.1) is 0 Å². The average Bonchev–Trinajstić information content (AvgIpc) is 3.02. The first-order chi connectivity index (χ1) is 11.9. The Balaban J connectivity index is 2.36. The molecular weight excluding hydrogens is 342 g/mol. The highest BCUT2D eigenvalue weighted by atomic mass is 32.2. The van der Waals surface area contributed by atoms with Crippen molar-refractivity contribution in [2.24, 2.45) is 5.73 Å². The molecule has 0 aliphatic carbocycles. The molecule has 4 amide bonds. The SMILES string of the molecule is CSCC[C@H](NC(N)=O)C(=O)NCCCN1CCCC1C(=O)N(C)C. The minimum Gasteiger partial charge on any atom is -0.354 e. The number of urea groups is 1. The van der Waals surface area contributed by atoms with Crippen molar-refractivity contribution < 1.29 is 14.4 Å². The van der Waals surface area contributed by atoms with Gasteiger partial charge < -0.3 is 21.3 Å². The molecule has 1 aliphatic rings. The fraction of sp³-hybridized carbons (Fsp3) is 0.812. The minimum absolute atomic E-state index is 0.0449. The van der Waals surface area contributed by atoms with Crippen molar-refractivity contribution in [3.8, 4) is 0 Å². The van der Waals surface area contributed by atoms with Crippen molar-refractivity contribution in [1.29, 1.82) is 0 Å². The van der Waals surface area contributed by atoms with Crippen LogP contribution in [0.25, 0.3) is 0 Å². The highest BCUT2D eigenvalue weighted by Crippen LogP contribution is 2.18. The Morgan fingerprint density at radius 2 is 2.08 bits per heavy atom. The Bertz CT molecular complexity index is 461. The molecule has 8 nitrogen and oxygen atoms in total. The monoisotopic (exact) mass is 373 g/mol. The molecule has 0 aromatic rings. The van der Waals surface area contributed by atoms with Crippen LogP contribution in [0.3, 0.4) is 0 Å². The maximum absolute atomic E-state index is 12.2. The van der Waals surface area contributed by atoms with Crippen molar-refractivity contribution in [2.45, 2.75) is 37.8 Å². The Hall–Kier alpha value is -1.48. The van der Waals surface area contributed by atoms with E-state index in [0.717, 1.165) is 38.1 Å². The van der Waals surface area contributed by atoms with E-state index < -0.39 is 12.1 Å². The summed E-state index contributed by atoms with van der Waals surface area (Å²) in [7, 11) is 3.55. The number of rotatable bonds is 10. The number of amides is 4. The van der Waals surface area contributed by atoms with Crippen molar-refractivity contribution in [1.82, 2.24) is 20.4 Å². The summed E-state index contributed by atoms with van der Waals surface area (Å²) in [6, 6.07) is -1.33. The fourth-order valence-corrected chi connectivity index (χ4v) is 3.44. The van der Waals surface area contributed by atoms with Gasteiger partial charge in [0.1, 0.15) is 6.04 Å². The van der Waals surface area contributed by atoms with Gasteiger partial charge in [-0.05, 0) is 44.2 Å². The van der Waals surface area contributed by atoms with Gasteiger partial charge >= 0.3 is 6.03 Å². The third kappa shape index (κ3) is 7.52. The predicted octanol–water partition coefficient (Wildman–Crippen LogP) is -0.165. The largest absolute Gasteiger partial charge is 0.354 e. The summed E-state index contributed by atoms with van der Waals surface area (Å²) < 4.78 is 0. The maximum atomic E-state index is 12.2. The number of carbonyl (C=O) groups excluding carboxylic acids is 3. The van der Waals surface area contributed by atoms with Crippen LogP contribution in [0.2, 0.25) is 0 Å². The molecule has 144 valence electrons. The molecule has 0 saturated carbocycles. The summed E-state index contributed by atoms with van der Waals surface area (Å²) in [5.74, 6) is 0.694. The third-order valence-corrected chi connectivity index (χ3v) is 4.90. The van der Waals surface area contributed by atoms with E-state index in [0.29, 0.717) is 13.0 Å². The molecule has 9 heteroatoms. The molecule has 4 N–H and O–H groups in total. The maximum Gasteiger partial charge on any atom is 0.312 e. The lowest BCUT2D eigenvalue weighted by molar-refractivity contribution is -0.133. The summed E-state index contributed by atoms with van der Waals surface area (Å²) in [4.78, 5) is 39.2. The van der Waals surface area contributed by atoms with Gasteiger partial charge in [0.15, 0.2) is 0 Å². The first-order valence-corrected chi connectivity index (χ1v) is 10.0. The van der Waals surface area contributed by atoms with E-state index in [-0.39, 0.29) is 17.9 Å². The second-order valence-electron chi connectivity index (χ2n) is 6.41. The lowest BCUT2D eigenvalue weighted by Crippen LogP contribution is -2.49. The van der Waals surface area contributed by atoms with Gasteiger partial charge in [0.05, 0.1) is 6.04 Å². The fourth-order valence-electron chi connectivity index (χ4n) is 2.96. The molecule has 1 aliphatic heterocycles. The summed E-state index contributed by atoms with van der Waals surface area (Å²) in [6.45, 7) is 2.19. The molecular formula is C16H31N5O3S. The number of likely N-dealkylation sites (N-methyl/N-ethyl adjacent to an activating group) is 1. The Kier molecular flexibility index (Phi) is 9.66. The van der Waals surface area contributed by atoms with Crippen LogP contribution in [0.5, 0.6) is 0 Å². The summed E-state index contributed by atoms with van der Waals surface area (Å²) in [5.41, 5.74) is 5.13. The van der Waals surface area contributed by atoms with Crippen LogP contribution in [0.15, 0.2) is 0 Å². The highest BCUT2D eigenvalue weighted by molar-refractivity contribution is 7.98. The van der Waals surface area contributed by atoms with Crippen LogP contribution in [-0.2, 0) is 9.59 Å². The van der Waals surface area contributed by atoms with Crippen molar-refractivity contribution in [3.63, 3.8) is 0 Å². The molecule has 25 heavy (non-hydrogen) atoms. The normalized spacial score (nSPS) is 18.6. The molecule has 1 heterocycles. The second-order valence-corrected chi connectivity index (χ2v) is 7.40. The molecule has 0 aromatic heterocycles. The van der Waals surface area contributed by atoms with E-state index in [1.807, 2.05) is 6.26 Å². The van der Waals surface area contributed by atoms with Gasteiger partial charge in [0.2, 0.25) is 11.8 Å². The second kappa shape index (κ2) is 11.2. The lowest BCUT2D eigenvalue weighted by atomic mass is 10.2. The van der Waals surface area contributed by atoms with E-state index >= 15 is 0 Å². The van der Waals surface area contributed by atoms with Crippen LogP contribution in [0.1, 0.15) is 25.7 Å². The molecule has 2 atom stereocenters.